The van der Waals surface area contributed by atoms with Crippen molar-refractivity contribution in [2.75, 3.05) is 20.0 Å². The van der Waals surface area contributed by atoms with Crippen molar-refractivity contribution in [3.8, 4) is 0 Å². The number of halogens is 2. The molecule has 16 heavy (non-hydrogen) atoms. The summed E-state index contributed by atoms with van der Waals surface area (Å²) in [7, 11) is 4.25. The van der Waals surface area contributed by atoms with Crippen LogP contribution in [0.25, 0.3) is 0 Å². The molecule has 1 N–H and O–H groups in total. The zero-order chi connectivity index (χ0) is 11.5. The van der Waals surface area contributed by atoms with Crippen molar-refractivity contribution in [1.29, 1.82) is 0 Å². The lowest BCUT2D eigenvalue weighted by atomic mass is 9.80. The molecule has 1 aliphatic rings. The number of amides is 1. The van der Waals surface area contributed by atoms with E-state index in [0.717, 1.165) is 25.7 Å². The van der Waals surface area contributed by atoms with Crippen molar-refractivity contribution < 1.29 is 4.79 Å². The molecule has 0 aromatic heterocycles. The van der Waals surface area contributed by atoms with Gasteiger partial charge in [-0.15, -0.1) is 24.0 Å². The largest absolute Gasteiger partial charge is 0.352 e. The average molecular weight is 269 g/mol. The SMILES string of the molecule is CN(C)C1(C)CCC(NC(=O)CCl)CC1.Cl. The minimum absolute atomic E-state index is 0. The number of alkyl halides is 1. The van der Waals surface area contributed by atoms with Gasteiger partial charge in [0, 0.05) is 11.6 Å². The van der Waals surface area contributed by atoms with E-state index in [4.69, 9.17) is 11.6 Å². The summed E-state index contributed by atoms with van der Waals surface area (Å²) < 4.78 is 0. The second-order valence-electron chi connectivity index (χ2n) is 4.87. The molecule has 0 aliphatic heterocycles. The van der Waals surface area contributed by atoms with Crippen LogP contribution in [-0.2, 0) is 4.79 Å². The Morgan fingerprint density at radius 3 is 2.31 bits per heavy atom. The summed E-state index contributed by atoms with van der Waals surface area (Å²) in [5.74, 6) is 0.0247. The van der Waals surface area contributed by atoms with E-state index < -0.39 is 0 Å². The normalized spacial score (nSPS) is 29.7. The van der Waals surface area contributed by atoms with Crippen molar-refractivity contribution in [1.82, 2.24) is 10.2 Å². The van der Waals surface area contributed by atoms with Crippen molar-refractivity contribution in [3.05, 3.63) is 0 Å². The molecule has 0 atom stereocenters. The molecule has 5 heteroatoms. The molecule has 3 nitrogen and oxygen atoms in total. The summed E-state index contributed by atoms with van der Waals surface area (Å²) >= 11 is 5.46. The van der Waals surface area contributed by atoms with Crippen LogP contribution in [0.3, 0.4) is 0 Å². The molecule has 96 valence electrons. The first-order chi connectivity index (χ1) is 6.98. The molecule has 1 saturated carbocycles. The Kier molecular flexibility index (Phi) is 6.68. The summed E-state index contributed by atoms with van der Waals surface area (Å²) in [6.07, 6.45) is 4.37. The molecule has 1 fully saturated rings. The molecule has 0 radical (unpaired) electrons. The van der Waals surface area contributed by atoms with Gasteiger partial charge in [0.1, 0.15) is 5.88 Å². The predicted molar refractivity (Wildman–Crippen MR) is 70.5 cm³/mol. The molecule has 0 spiro atoms. The molecule has 0 saturated heterocycles. The van der Waals surface area contributed by atoms with Gasteiger partial charge < -0.3 is 10.2 Å². The lowest BCUT2D eigenvalue weighted by molar-refractivity contribution is -0.119. The standard InChI is InChI=1S/C11H21ClN2O.ClH/c1-11(14(2)3)6-4-9(5-7-11)13-10(15)8-12;/h9H,4-8H2,1-3H3,(H,13,15);1H. The number of hydrogen-bond donors (Lipinski definition) is 1. The summed E-state index contributed by atoms with van der Waals surface area (Å²) in [6, 6.07) is 0.323. The van der Waals surface area contributed by atoms with Gasteiger partial charge in [-0.1, -0.05) is 0 Å². The number of carbonyl (C=O) groups excluding carboxylic acids is 1. The summed E-state index contributed by atoms with van der Waals surface area (Å²) in [6.45, 7) is 2.28. The molecule has 0 heterocycles. The minimum Gasteiger partial charge on any atom is -0.352 e. The highest BCUT2D eigenvalue weighted by Gasteiger charge is 2.32. The molecular weight excluding hydrogens is 247 g/mol. The van der Waals surface area contributed by atoms with Crippen LogP contribution in [0.4, 0.5) is 0 Å². The summed E-state index contributed by atoms with van der Waals surface area (Å²) in [4.78, 5) is 13.4. The molecule has 0 bridgehead atoms. The van der Waals surface area contributed by atoms with E-state index in [2.05, 4.69) is 31.2 Å². The van der Waals surface area contributed by atoms with Crippen LogP contribution in [-0.4, -0.2) is 42.4 Å². The first-order valence-corrected chi connectivity index (χ1v) is 6.04. The van der Waals surface area contributed by atoms with E-state index in [0.29, 0.717) is 11.6 Å². The number of carbonyl (C=O) groups is 1. The third kappa shape index (κ3) is 4.11. The highest BCUT2D eigenvalue weighted by Crippen LogP contribution is 2.31. The highest BCUT2D eigenvalue weighted by molar-refractivity contribution is 6.27. The number of nitrogens with zero attached hydrogens (tertiary/aromatic N) is 1. The third-order valence-electron chi connectivity index (χ3n) is 3.63. The lowest BCUT2D eigenvalue weighted by Gasteiger charge is -2.42. The van der Waals surface area contributed by atoms with E-state index >= 15 is 0 Å². The van der Waals surface area contributed by atoms with Crippen LogP contribution in [0.2, 0.25) is 0 Å². The Hall–Kier alpha value is 0.01000. The smallest absolute Gasteiger partial charge is 0.235 e. The molecule has 0 unspecified atom stereocenters. The van der Waals surface area contributed by atoms with Crippen LogP contribution < -0.4 is 5.32 Å². The third-order valence-corrected chi connectivity index (χ3v) is 3.87. The lowest BCUT2D eigenvalue weighted by Crippen LogP contribution is -2.48. The van der Waals surface area contributed by atoms with Crippen LogP contribution in [0.15, 0.2) is 0 Å². The van der Waals surface area contributed by atoms with Crippen molar-refractivity contribution >= 4 is 29.9 Å². The van der Waals surface area contributed by atoms with Crippen molar-refractivity contribution in [2.24, 2.45) is 0 Å². The zero-order valence-electron chi connectivity index (χ0n) is 10.3. The average Bonchev–Trinajstić information content (AvgIpc) is 2.21. The van der Waals surface area contributed by atoms with Gasteiger partial charge in [0.15, 0.2) is 0 Å². The Labute approximate surface area is 109 Å². The summed E-state index contributed by atoms with van der Waals surface area (Å²) in [5.41, 5.74) is 0.294. The van der Waals surface area contributed by atoms with Crippen LogP contribution >= 0.6 is 24.0 Å². The highest BCUT2D eigenvalue weighted by atomic mass is 35.5. The van der Waals surface area contributed by atoms with E-state index in [1.807, 2.05) is 0 Å². The number of hydrogen-bond acceptors (Lipinski definition) is 2. The van der Waals surface area contributed by atoms with Gasteiger partial charge in [0.25, 0.3) is 0 Å². The number of nitrogens with one attached hydrogen (secondary N) is 1. The maximum atomic E-state index is 11.1. The van der Waals surface area contributed by atoms with Gasteiger partial charge >= 0.3 is 0 Å². The van der Waals surface area contributed by atoms with Gasteiger partial charge in [0.2, 0.25) is 5.91 Å². The minimum atomic E-state index is -0.0462. The molecule has 1 amide bonds. The molecule has 0 aromatic carbocycles. The van der Waals surface area contributed by atoms with E-state index in [9.17, 15) is 4.79 Å². The van der Waals surface area contributed by atoms with Crippen molar-refractivity contribution in [3.63, 3.8) is 0 Å². The van der Waals surface area contributed by atoms with Gasteiger partial charge in [-0.3, -0.25) is 4.79 Å². The first-order valence-electron chi connectivity index (χ1n) is 5.51. The number of rotatable bonds is 3. The topological polar surface area (TPSA) is 32.3 Å². The monoisotopic (exact) mass is 268 g/mol. The quantitative estimate of drug-likeness (QED) is 0.795. The first kappa shape index (κ1) is 16.0. The van der Waals surface area contributed by atoms with Crippen LogP contribution in [0, 0.1) is 0 Å². The molecule has 0 aromatic rings. The second kappa shape index (κ2) is 6.67. The Morgan fingerprint density at radius 2 is 1.94 bits per heavy atom. The molecule has 1 rings (SSSR count). The summed E-state index contributed by atoms with van der Waals surface area (Å²) in [5, 5.41) is 2.96. The molecule has 1 aliphatic carbocycles. The zero-order valence-corrected chi connectivity index (χ0v) is 11.8. The Bertz CT molecular complexity index is 226. The van der Waals surface area contributed by atoms with Gasteiger partial charge in [-0.05, 0) is 46.7 Å². The maximum absolute atomic E-state index is 11.1. The van der Waals surface area contributed by atoms with E-state index in [1.54, 1.807) is 0 Å². The Morgan fingerprint density at radius 1 is 1.44 bits per heavy atom. The fourth-order valence-electron chi connectivity index (χ4n) is 2.10. The van der Waals surface area contributed by atoms with Gasteiger partial charge in [0.05, 0.1) is 0 Å². The van der Waals surface area contributed by atoms with Crippen LogP contribution in [0.1, 0.15) is 32.6 Å². The van der Waals surface area contributed by atoms with Gasteiger partial charge in [-0.2, -0.15) is 0 Å². The van der Waals surface area contributed by atoms with Gasteiger partial charge in [-0.25, -0.2) is 0 Å². The maximum Gasteiger partial charge on any atom is 0.235 e. The van der Waals surface area contributed by atoms with Crippen molar-refractivity contribution in [2.45, 2.75) is 44.2 Å². The second-order valence-corrected chi connectivity index (χ2v) is 5.13. The van der Waals surface area contributed by atoms with Crippen LogP contribution in [0.5, 0.6) is 0 Å². The van der Waals surface area contributed by atoms with E-state index in [1.165, 1.54) is 0 Å². The molecular formula is C11H22Cl2N2O. The van der Waals surface area contributed by atoms with E-state index in [-0.39, 0.29) is 24.2 Å². The Balaban J connectivity index is 0.00000225. The fourth-order valence-corrected chi connectivity index (χ4v) is 2.17. The predicted octanol–water partition coefficient (Wildman–Crippen LogP) is 2.03. The fraction of sp³-hybridized carbons (Fsp3) is 0.909.